The number of carbonyl (C=O) groups is 1. The van der Waals surface area contributed by atoms with Crippen LogP contribution in [0, 0.1) is 5.92 Å². The predicted octanol–water partition coefficient (Wildman–Crippen LogP) is 2.11. The summed E-state index contributed by atoms with van der Waals surface area (Å²) in [5.74, 6) is 2.77. The summed E-state index contributed by atoms with van der Waals surface area (Å²) in [5, 5.41) is 0. The van der Waals surface area contributed by atoms with Gasteiger partial charge in [-0.2, -0.15) is 0 Å². The first-order chi connectivity index (χ1) is 12.8. The number of nitrogens with zero attached hydrogens (tertiary/aromatic N) is 4. The van der Waals surface area contributed by atoms with Gasteiger partial charge in [0.1, 0.15) is 5.82 Å². The summed E-state index contributed by atoms with van der Waals surface area (Å²) in [6.07, 6.45) is 10.6. The number of ether oxygens (including phenoxy) is 1. The van der Waals surface area contributed by atoms with Crippen LogP contribution in [0.2, 0.25) is 0 Å². The van der Waals surface area contributed by atoms with Crippen molar-refractivity contribution in [3.05, 3.63) is 18.2 Å². The fourth-order valence-electron chi connectivity index (χ4n) is 4.26. The smallest absolute Gasteiger partial charge is 0.222 e. The normalized spacial score (nSPS) is 24.8. The lowest BCUT2D eigenvalue weighted by Gasteiger charge is -2.33. The summed E-state index contributed by atoms with van der Waals surface area (Å²) in [6, 6.07) is 0. The van der Waals surface area contributed by atoms with Crippen LogP contribution >= 0.6 is 0 Å². The minimum Gasteiger partial charge on any atom is -0.379 e. The summed E-state index contributed by atoms with van der Waals surface area (Å²) >= 11 is 0. The topological polar surface area (TPSA) is 50.6 Å². The number of imidazole rings is 1. The standard InChI is InChI=1S/C20H32N4O2/c25-19(4-2-8-22-11-13-26-14-12-22)23-9-1-3-18(16-23)20-21-7-10-24(20)15-17-5-6-17/h7,10,17-18H,1-6,8-9,11-16H2/t18-/m0/s1. The van der Waals surface area contributed by atoms with Gasteiger partial charge in [0.15, 0.2) is 0 Å². The molecule has 6 nitrogen and oxygen atoms in total. The second kappa shape index (κ2) is 8.53. The molecule has 3 aliphatic rings. The van der Waals surface area contributed by atoms with Crippen molar-refractivity contribution in [3.8, 4) is 0 Å². The van der Waals surface area contributed by atoms with E-state index in [1.54, 1.807) is 0 Å². The maximum Gasteiger partial charge on any atom is 0.222 e. The van der Waals surface area contributed by atoms with Gasteiger partial charge in [-0.25, -0.2) is 4.98 Å². The predicted molar refractivity (Wildman–Crippen MR) is 100.0 cm³/mol. The van der Waals surface area contributed by atoms with Gasteiger partial charge in [-0.15, -0.1) is 0 Å². The van der Waals surface area contributed by atoms with Crippen molar-refractivity contribution < 1.29 is 9.53 Å². The van der Waals surface area contributed by atoms with Gasteiger partial charge in [-0.05, 0) is 44.6 Å². The van der Waals surface area contributed by atoms with Crippen molar-refractivity contribution in [2.75, 3.05) is 45.9 Å². The quantitative estimate of drug-likeness (QED) is 0.747. The Balaban J connectivity index is 1.26. The fraction of sp³-hybridized carbons (Fsp3) is 0.800. The van der Waals surface area contributed by atoms with E-state index in [2.05, 4.69) is 25.5 Å². The molecule has 0 bridgehead atoms. The first-order valence-electron chi connectivity index (χ1n) is 10.4. The first kappa shape index (κ1) is 18.0. The Labute approximate surface area is 156 Å². The minimum atomic E-state index is 0.322. The van der Waals surface area contributed by atoms with Gasteiger partial charge in [0.25, 0.3) is 0 Å². The first-order valence-corrected chi connectivity index (χ1v) is 10.4. The van der Waals surface area contributed by atoms with Crippen LogP contribution in [0.1, 0.15) is 50.3 Å². The van der Waals surface area contributed by atoms with Gasteiger partial charge in [0.2, 0.25) is 5.91 Å². The van der Waals surface area contributed by atoms with E-state index in [-0.39, 0.29) is 0 Å². The van der Waals surface area contributed by atoms with Gasteiger partial charge in [0, 0.05) is 57.5 Å². The second-order valence-corrected chi connectivity index (χ2v) is 8.12. The molecule has 3 fully saturated rings. The van der Waals surface area contributed by atoms with Gasteiger partial charge in [0.05, 0.1) is 13.2 Å². The van der Waals surface area contributed by atoms with E-state index in [4.69, 9.17) is 4.74 Å². The Hall–Kier alpha value is -1.40. The molecule has 2 aliphatic heterocycles. The molecule has 1 aliphatic carbocycles. The molecule has 1 aromatic rings. The van der Waals surface area contributed by atoms with Crippen molar-refractivity contribution >= 4 is 5.91 Å². The van der Waals surface area contributed by atoms with Crippen LogP contribution in [0.15, 0.2) is 12.4 Å². The maximum absolute atomic E-state index is 12.7. The number of likely N-dealkylation sites (tertiary alicyclic amines) is 1. The molecular formula is C20H32N4O2. The van der Waals surface area contributed by atoms with Crippen LogP contribution < -0.4 is 0 Å². The molecule has 0 radical (unpaired) electrons. The van der Waals surface area contributed by atoms with Crippen LogP contribution in [0.5, 0.6) is 0 Å². The number of aromatic nitrogens is 2. The van der Waals surface area contributed by atoms with Crippen molar-refractivity contribution in [3.63, 3.8) is 0 Å². The highest BCUT2D eigenvalue weighted by Crippen LogP contribution is 2.33. The van der Waals surface area contributed by atoms with E-state index in [1.807, 2.05) is 6.20 Å². The molecule has 26 heavy (non-hydrogen) atoms. The Kier molecular flexibility index (Phi) is 5.90. The Bertz CT molecular complexity index is 592. The molecule has 2 saturated heterocycles. The summed E-state index contributed by atoms with van der Waals surface area (Å²) in [5.41, 5.74) is 0. The molecule has 0 N–H and O–H groups in total. The SMILES string of the molecule is O=C(CCCN1CCOCC1)N1CCC[C@H](c2nccn2CC2CC2)C1. The van der Waals surface area contributed by atoms with E-state index in [9.17, 15) is 4.79 Å². The van der Waals surface area contributed by atoms with Crippen LogP contribution in [0.4, 0.5) is 0 Å². The highest BCUT2D eigenvalue weighted by atomic mass is 16.5. The average molecular weight is 361 g/mol. The number of rotatable bonds is 7. The molecule has 1 amide bonds. The molecule has 4 rings (SSSR count). The third-order valence-electron chi connectivity index (χ3n) is 6.01. The number of hydrogen-bond acceptors (Lipinski definition) is 4. The third-order valence-corrected chi connectivity index (χ3v) is 6.01. The monoisotopic (exact) mass is 360 g/mol. The minimum absolute atomic E-state index is 0.322. The zero-order chi connectivity index (χ0) is 17.8. The Morgan fingerprint density at radius 3 is 2.85 bits per heavy atom. The summed E-state index contributed by atoms with van der Waals surface area (Å²) in [7, 11) is 0. The zero-order valence-electron chi connectivity index (χ0n) is 15.8. The van der Waals surface area contributed by atoms with E-state index >= 15 is 0 Å². The molecule has 1 atom stereocenters. The largest absolute Gasteiger partial charge is 0.379 e. The lowest BCUT2D eigenvalue weighted by molar-refractivity contribution is -0.132. The molecule has 1 aromatic heterocycles. The fourth-order valence-corrected chi connectivity index (χ4v) is 4.26. The van der Waals surface area contributed by atoms with E-state index in [1.165, 1.54) is 18.7 Å². The summed E-state index contributed by atoms with van der Waals surface area (Å²) in [4.78, 5) is 21.8. The molecular weight excluding hydrogens is 328 g/mol. The molecule has 0 aromatic carbocycles. The molecule has 144 valence electrons. The van der Waals surface area contributed by atoms with Crippen LogP contribution in [0.3, 0.4) is 0 Å². The molecule has 0 spiro atoms. The van der Waals surface area contributed by atoms with Crippen molar-refractivity contribution in [1.29, 1.82) is 0 Å². The molecule has 1 saturated carbocycles. The number of carbonyl (C=O) groups excluding carboxylic acids is 1. The summed E-state index contributed by atoms with van der Waals surface area (Å²) < 4.78 is 7.72. The van der Waals surface area contributed by atoms with E-state index < -0.39 is 0 Å². The Morgan fingerprint density at radius 1 is 1.19 bits per heavy atom. The third kappa shape index (κ3) is 4.65. The van der Waals surface area contributed by atoms with Crippen molar-refractivity contribution in [2.45, 2.75) is 51.0 Å². The lowest BCUT2D eigenvalue weighted by Crippen LogP contribution is -2.40. The van der Waals surface area contributed by atoms with Crippen LogP contribution in [0.25, 0.3) is 0 Å². The zero-order valence-corrected chi connectivity index (χ0v) is 15.8. The van der Waals surface area contributed by atoms with Crippen LogP contribution in [-0.2, 0) is 16.1 Å². The number of morpholine rings is 1. The molecule has 6 heteroatoms. The van der Waals surface area contributed by atoms with Gasteiger partial charge >= 0.3 is 0 Å². The van der Waals surface area contributed by atoms with E-state index in [0.29, 0.717) is 18.2 Å². The number of piperidine rings is 1. The lowest BCUT2D eigenvalue weighted by atomic mass is 9.96. The second-order valence-electron chi connectivity index (χ2n) is 8.12. The van der Waals surface area contributed by atoms with E-state index in [0.717, 1.165) is 77.7 Å². The maximum atomic E-state index is 12.7. The van der Waals surface area contributed by atoms with Crippen LogP contribution in [-0.4, -0.2) is 71.2 Å². The highest BCUT2D eigenvalue weighted by molar-refractivity contribution is 5.76. The molecule has 3 heterocycles. The molecule has 0 unspecified atom stereocenters. The van der Waals surface area contributed by atoms with Gasteiger partial charge in [-0.1, -0.05) is 0 Å². The van der Waals surface area contributed by atoms with Crippen molar-refractivity contribution in [1.82, 2.24) is 19.4 Å². The number of hydrogen-bond donors (Lipinski definition) is 0. The van der Waals surface area contributed by atoms with Gasteiger partial charge in [-0.3, -0.25) is 9.69 Å². The summed E-state index contributed by atoms with van der Waals surface area (Å²) in [6.45, 7) is 7.55. The van der Waals surface area contributed by atoms with Gasteiger partial charge < -0.3 is 14.2 Å². The average Bonchev–Trinajstić information content (AvgIpc) is 3.37. The highest BCUT2D eigenvalue weighted by Gasteiger charge is 2.29. The number of amides is 1. The van der Waals surface area contributed by atoms with Crippen molar-refractivity contribution in [2.24, 2.45) is 5.92 Å². The Morgan fingerprint density at radius 2 is 2.04 bits per heavy atom.